The van der Waals surface area contributed by atoms with E-state index in [0.717, 1.165) is 0 Å². The van der Waals surface area contributed by atoms with Crippen LogP contribution in [0.3, 0.4) is 0 Å². The van der Waals surface area contributed by atoms with Gasteiger partial charge in [0.05, 0.1) is 18.3 Å². The van der Waals surface area contributed by atoms with Gasteiger partial charge in [-0.2, -0.15) is 0 Å². The highest BCUT2D eigenvalue weighted by atomic mass is 79.9. The third kappa shape index (κ3) is 3.71. The molecule has 0 aliphatic heterocycles. The third-order valence-corrected chi connectivity index (χ3v) is 4.37. The third-order valence-electron chi connectivity index (χ3n) is 2.21. The van der Waals surface area contributed by atoms with Gasteiger partial charge >= 0.3 is 0 Å². The molecular formula is C10H13Br2ClFNO2. The van der Waals surface area contributed by atoms with E-state index in [2.05, 4.69) is 31.9 Å². The van der Waals surface area contributed by atoms with E-state index in [1.165, 1.54) is 7.11 Å². The predicted molar refractivity (Wildman–Crippen MR) is 74.8 cm³/mol. The SMILES string of the molecule is COc1cc([C@@H](N)CCF)c(Br)c(Br)c1O.Cl. The highest BCUT2D eigenvalue weighted by molar-refractivity contribution is 9.13. The van der Waals surface area contributed by atoms with Crippen molar-refractivity contribution in [2.24, 2.45) is 5.73 Å². The van der Waals surface area contributed by atoms with Crippen molar-refractivity contribution in [1.29, 1.82) is 0 Å². The summed E-state index contributed by atoms with van der Waals surface area (Å²) < 4.78 is 18.3. The Kier molecular flexibility index (Phi) is 7.39. The van der Waals surface area contributed by atoms with Crippen LogP contribution in [0.5, 0.6) is 11.5 Å². The molecule has 0 aliphatic rings. The fraction of sp³-hybridized carbons (Fsp3) is 0.400. The first-order chi connectivity index (χ1) is 7.52. The number of methoxy groups -OCH3 is 1. The molecule has 0 saturated heterocycles. The Balaban J connectivity index is 0.00000256. The standard InChI is InChI=1S/C10H12Br2FNO2.ClH/c1-16-7-4-5(6(14)2-3-13)8(11)9(12)10(7)15;/h4,6,15H,2-3,14H2,1H3;1H/t6-;/m0./s1. The molecule has 0 amide bonds. The summed E-state index contributed by atoms with van der Waals surface area (Å²) in [4.78, 5) is 0. The van der Waals surface area contributed by atoms with E-state index < -0.39 is 12.7 Å². The fourth-order valence-corrected chi connectivity index (χ4v) is 2.33. The molecule has 0 saturated carbocycles. The highest BCUT2D eigenvalue weighted by Crippen LogP contribution is 2.43. The zero-order chi connectivity index (χ0) is 12.3. The van der Waals surface area contributed by atoms with Crippen LogP contribution in [0.1, 0.15) is 18.0 Å². The van der Waals surface area contributed by atoms with Crippen molar-refractivity contribution < 1.29 is 14.2 Å². The van der Waals surface area contributed by atoms with E-state index in [1.807, 2.05) is 0 Å². The van der Waals surface area contributed by atoms with E-state index in [0.29, 0.717) is 20.3 Å². The second kappa shape index (κ2) is 7.41. The molecule has 0 heterocycles. The molecule has 1 aromatic rings. The van der Waals surface area contributed by atoms with Gasteiger partial charge in [-0.15, -0.1) is 12.4 Å². The topological polar surface area (TPSA) is 55.5 Å². The monoisotopic (exact) mass is 391 g/mol. The number of hydrogen-bond donors (Lipinski definition) is 2. The molecule has 1 aromatic carbocycles. The zero-order valence-corrected chi connectivity index (χ0v) is 13.0. The molecule has 0 aromatic heterocycles. The van der Waals surface area contributed by atoms with Crippen LogP contribution in [0.2, 0.25) is 0 Å². The van der Waals surface area contributed by atoms with E-state index in [9.17, 15) is 9.50 Å². The van der Waals surface area contributed by atoms with Crippen LogP contribution in [0.25, 0.3) is 0 Å². The lowest BCUT2D eigenvalue weighted by atomic mass is 10.0. The number of rotatable bonds is 4. The highest BCUT2D eigenvalue weighted by Gasteiger charge is 2.18. The molecule has 0 fully saturated rings. The van der Waals surface area contributed by atoms with Crippen molar-refractivity contribution in [3.8, 4) is 11.5 Å². The Morgan fingerprint density at radius 1 is 1.47 bits per heavy atom. The molecule has 7 heteroatoms. The Labute approximate surface area is 122 Å². The van der Waals surface area contributed by atoms with Gasteiger partial charge in [0, 0.05) is 10.5 Å². The second-order valence-electron chi connectivity index (χ2n) is 3.23. The number of alkyl halides is 1. The maximum Gasteiger partial charge on any atom is 0.173 e. The van der Waals surface area contributed by atoms with Crippen LogP contribution >= 0.6 is 44.3 Å². The maximum atomic E-state index is 12.2. The molecule has 0 bridgehead atoms. The summed E-state index contributed by atoms with van der Waals surface area (Å²) in [5.41, 5.74) is 6.51. The van der Waals surface area contributed by atoms with E-state index >= 15 is 0 Å². The first-order valence-electron chi connectivity index (χ1n) is 4.59. The van der Waals surface area contributed by atoms with E-state index in [1.54, 1.807) is 6.07 Å². The summed E-state index contributed by atoms with van der Waals surface area (Å²) in [7, 11) is 1.44. The molecule has 98 valence electrons. The van der Waals surface area contributed by atoms with Crippen LogP contribution in [-0.2, 0) is 0 Å². The molecule has 3 N–H and O–H groups in total. The molecule has 1 atom stereocenters. The van der Waals surface area contributed by atoms with Gasteiger partial charge < -0.3 is 15.6 Å². The van der Waals surface area contributed by atoms with Gasteiger partial charge in [-0.3, -0.25) is 4.39 Å². The van der Waals surface area contributed by atoms with E-state index in [-0.39, 0.29) is 24.6 Å². The number of benzene rings is 1. The number of halogens is 4. The van der Waals surface area contributed by atoms with Crippen molar-refractivity contribution in [2.45, 2.75) is 12.5 Å². The lowest BCUT2D eigenvalue weighted by Crippen LogP contribution is -2.12. The average Bonchev–Trinajstić information content (AvgIpc) is 2.27. The summed E-state index contributed by atoms with van der Waals surface area (Å²) >= 11 is 6.51. The first kappa shape index (κ1) is 17.0. The quantitative estimate of drug-likeness (QED) is 0.820. The van der Waals surface area contributed by atoms with Crippen molar-refractivity contribution >= 4 is 44.3 Å². The predicted octanol–water partition coefficient (Wildman–Crippen LogP) is 3.71. The largest absolute Gasteiger partial charge is 0.503 e. The Bertz CT molecular complexity index is 393. The normalized spacial score (nSPS) is 11.8. The second-order valence-corrected chi connectivity index (χ2v) is 4.81. The first-order valence-corrected chi connectivity index (χ1v) is 6.17. The average molecular weight is 393 g/mol. The Hall–Kier alpha value is -0.0400. The smallest absolute Gasteiger partial charge is 0.173 e. The molecular weight excluding hydrogens is 380 g/mol. The molecule has 0 radical (unpaired) electrons. The fourth-order valence-electron chi connectivity index (χ4n) is 1.31. The molecule has 0 aliphatic carbocycles. The summed E-state index contributed by atoms with van der Waals surface area (Å²) in [6.45, 7) is -0.492. The summed E-state index contributed by atoms with van der Waals surface area (Å²) in [5, 5.41) is 9.70. The number of ether oxygens (including phenoxy) is 1. The molecule has 1 rings (SSSR count). The number of aromatic hydroxyl groups is 1. The minimum atomic E-state index is -0.492. The number of nitrogens with two attached hydrogens (primary N) is 1. The van der Waals surface area contributed by atoms with Crippen LogP contribution < -0.4 is 10.5 Å². The number of hydrogen-bond acceptors (Lipinski definition) is 3. The Morgan fingerprint density at radius 2 is 2.06 bits per heavy atom. The molecule has 17 heavy (non-hydrogen) atoms. The minimum absolute atomic E-state index is 0. The van der Waals surface area contributed by atoms with Crippen LogP contribution in [-0.4, -0.2) is 18.9 Å². The summed E-state index contributed by atoms with van der Waals surface area (Å²) in [6.07, 6.45) is 0.221. The molecule has 0 unspecified atom stereocenters. The number of phenolic OH excluding ortho intramolecular Hbond substituents is 1. The van der Waals surface area contributed by atoms with Crippen molar-refractivity contribution in [2.75, 3.05) is 13.8 Å². The number of phenols is 1. The lowest BCUT2D eigenvalue weighted by Gasteiger charge is -2.16. The molecule has 3 nitrogen and oxygen atoms in total. The van der Waals surface area contributed by atoms with Crippen molar-refractivity contribution in [1.82, 2.24) is 0 Å². The summed E-state index contributed by atoms with van der Waals surface area (Å²) in [6, 6.07) is 1.16. The van der Waals surface area contributed by atoms with E-state index in [4.69, 9.17) is 10.5 Å². The van der Waals surface area contributed by atoms with Crippen LogP contribution in [0, 0.1) is 0 Å². The van der Waals surface area contributed by atoms with Crippen molar-refractivity contribution in [3.05, 3.63) is 20.6 Å². The van der Waals surface area contributed by atoms with Gasteiger partial charge in [-0.25, -0.2) is 0 Å². The van der Waals surface area contributed by atoms with Gasteiger partial charge in [0.25, 0.3) is 0 Å². The van der Waals surface area contributed by atoms with Gasteiger partial charge in [0.15, 0.2) is 11.5 Å². The van der Waals surface area contributed by atoms with Crippen LogP contribution in [0.4, 0.5) is 4.39 Å². The zero-order valence-electron chi connectivity index (χ0n) is 9.04. The van der Waals surface area contributed by atoms with Gasteiger partial charge in [-0.05, 0) is 49.9 Å². The molecule has 0 spiro atoms. The van der Waals surface area contributed by atoms with Crippen molar-refractivity contribution in [3.63, 3.8) is 0 Å². The van der Waals surface area contributed by atoms with Gasteiger partial charge in [0.1, 0.15) is 0 Å². The van der Waals surface area contributed by atoms with Gasteiger partial charge in [0.2, 0.25) is 0 Å². The maximum absolute atomic E-state index is 12.2. The lowest BCUT2D eigenvalue weighted by molar-refractivity contribution is 0.369. The minimum Gasteiger partial charge on any atom is -0.503 e. The van der Waals surface area contributed by atoms with Gasteiger partial charge in [-0.1, -0.05) is 0 Å². The Morgan fingerprint density at radius 3 is 2.53 bits per heavy atom. The summed E-state index contributed by atoms with van der Waals surface area (Å²) in [5.74, 6) is 0.296. The van der Waals surface area contributed by atoms with Crippen LogP contribution in [0.15, 0.2) is 15.0 Å².